The molecule has 52 valence electrons. The van der Waals surface area contributed by atoms with E-state index in [9.17, 15) is 0 Å². The van der Waals surface area contributed by atoms with Gasteiger partial charge in [-0.1, -0.05) is 12.8 Å². The first-order valence-electron chi connectivity index (χ1n) is 3.27. The Kier molecular flexibility index (Phi) is 5.98. The van der Waals surface area contributed by atoms with Crippen LogP contribution in [0.2, 0.25) is 0 Å². The summed E-state index contributed by atoms with van der Waals surface area (Å²) < 4.78 is 0. The van der Waals surface area contributed by atoms with Crippen molar-refractivity contribution in [3.63, 3.8) is 0 Å². The lowest BCUT2D eigenvalue weighted by Gasteiger charge is -1.83. The van der Waals surface area contributed by atoms with Gasteiger partial charge < -0.3 is 0 Å². The summed E-state index contributed by atoms with van der Waals surface area (Å²) in [4.78, 5) is 0. The molecule has 0 amide bonds. The molecule has 0 aliphatic carbocycles. The first kappa shape index (κ1) is 8.91. The Morgan fingerprint density at radius 1 is 1.22 bits per heavy atom. The van der Waals surface area contributed by atoms with E-state index in [4.69, 9.17) is 0 Å². The minimum Gasteiger partial charge on any atom is -0.0985 e. The van der Waals surface area contributed by atoms with E-state index in [1.807, 2.05) is 0 Å². The molecule has 0 aromatic carbocycles. The molecule has 0 nitrogen and oxygen atoms in total. The molecule has 0 rings (SSSR count). The van der Waals surface area contributed by atoms with Crippen LogP contribution < -0.4 is 0 Å². The van der Waals surface area contributed by atoms with Gasteiger partial charge in [-0.05, 0) is 23.2 Å². The van der Waals surface area contributed by atoms with Crippen LogP contribution in [0.3, 0.4) is 0 Å². The minimum absolute atomic E-state index is 0.507. The van der Waals surface area contributed by atoms with Crippen LogP contribution in [0, 0.1) is 11.8 Å². The van der Waals surface area contributed by atoms with Gasteiger partial charge in [0.1, 0.15) is 0 Å². The van der Waals surface area contributed by atoms with Crippen LogP contribution in [0.25, 0.3) is 0 Å². The van der Waals surface area contributed by atoms with Crippen molar-refractivity contribution >= 4 is 10.9 Å². The molecule has 0 saturated heterocycles. The highest BCUT2D eigenvalue weighted by molar-refractivity contribution is 7.95. The van der Waals surface area contributed by atoms with Crippen molar-refractivity contribution in [3.8, 4) is 11.8 Å². The van der Waals surface area contributed by atoms with Crippen molar-refractivity contribution < 1.29 is 0 Å². The van der Waals surface area contributed by atoms with E-state index >= 15 is 0 Å². The third-order valence-electron chi connectivity index (χ3n) is 0.861. The molecule has 0 heterocycles. The van der Waals surface area contributed by atoms with E-state index in [1.165, 1.54) is 6.42 Å². The van der Waals surface area contributed by atoms with Gasteiger partial charge in [-0.2, -0.15) is 0 Å². The topological polar surface area (TPSA) is 0 Å². The fourth-order valence-electron chi connectivity index (χ4n) is 0.409. The Bertz CT molecular complexity index is 105. The molecule has 0 aromatic heterocycles. The van der Waals surface area contributed by atoms with Gasteiger partial charge in [0.05, 0.1) is 12.5 Å². The third kappa shape index (κ3) is 7.91. The molecule has 1 heteroatoms. The third-order valence-corrected chi connectivity index (χ3v) is 1.58. The van der Waals surface area contributed by atoms with Gasteiger partial charge >= 0.3 is 0 Å². The second-order valence-electron chi connectivity index (χ2n) is 2.23. The quantitative estimate of drug-likeness (QED) is 0.407. The zero-order valence-electron chi connectivity index (χ0n) is 6.53. The van der Waals surface area contributed by atoms with Crippen molar-refractivity contribution in [3.05, 3.63) is 0 Å². The van der Waals surface area contributed by atoms with Crippen molar-refractivity contribution in [1.82, 2.24) is 0 Å². The fourth-order valence-corrected chi connectivity index (χ4v) is 0.799. The van der Waals surface area contributed by atoms with E-state index in [-0.39, 0.29) is 0 Å². The Labute approximate surface area is 61.4 Å². The molecule has 0 bridgehead atoms. The Morgan fingerprint density at radius 2 is 1.89 bits per heavy atom. The molecule has 0 N–H and O–H groups in total. The van der Waals surface area contributed by atoms with E-state index in [0.717, 1.165) is 12.2 Å². The van der Waals surface area contributed by atoms with E-state index in [2.05, 4.69) is 31.3 Å². The highest BCUT2D eigenvalue weighted by atomic mass is 32.2. The molecular formula is C8H15S+. The maximum absolute atomic E-state index is 3.15. The smallest absolute Gasteiger partial charge is 0.0985 e. The maximum atomic E-state index is 3.15. The number of hydrogen-bond donors (Lipinski definition) is 0. The van der Waals surface area contributed by atoms with E-state index < -0.39 is 0 Å². The summed E-state index contributed by atoms with van der Waals surface area (Å²) in [6, 6.07) is 0. The van der Waals surface area contributed by atoms with Crippen molar-refractivity contribution in [2.75, 3.05) is 18.3 Å². The fraction of sp³-hybridized carbons (Fsp3) is 0.750. The second kappa shape index (κ2) is 6.04. The van der Waals surface area contributed by atoms with Gasteiger partial charge in [-0.3, -0.25) is 0 Å². The molecule has 0 saturated carbocycles. The summed E-state index contributed by atoms with van der Waals surface area (Å²) in [6.07, 6.45) is 6.70. The number of rotatable bonds is 2. The van der Waals surface area contributed by atoms with Crippen LogP contribution in [0.1, 0.15) is 19.8 Å². The zero-order chi connectivity index (χ0) is 7.11. The van der Waals surface area contributed by atoms with Crippen LogP contribution in [0.15, 0.2) is 0 Å². The summed E-state index contributed by atoms with van der Waals surface area (Å²) in [7, 11) is 0.507. The molecule has 0 fully saturated rings. The van der Waals surface area contributed by atoms with Gasteiger partial charge in [0, 0.05) is 6.42 Å². The zero-order valence-corrected chi connectivity index (χ0v) is 7.35. The lowest BCUT2D eigenvalue weighted by Crippen LogP contribution is -1.97. The summed E-state index contributed by atoms with van der Waals surface area (Å²) >= 11 is 0. The van der Waals surface area contributed by atoms with Gasteiger partial charge in [-0.25, -0.2) is 0 Å². The summed E-state index contributed by atoms with van der Waals surface area (Å²) in [5.41, 5.74) is 0. The molecular weight excluding hydrogens is 128 g/mol. The number of unbranched alkanes of at least 4 members (excludes halogenated alkanes) is 1. The van der Waals surface area contributed by atoms with Gasteiger partial charge in [0.25, 0.3) is 0 Å². The lowest BCUT2D eigenvalue weighted by molar-refractivity contribution is 0.983. The largest absolute Gasteiger partial charge is 0.167 e. The van der Waals surface area contributed by atoms with Crippen LogP contribution in [0.5, 0.6) is 0 Å². The summed E-state index contributed by atoms with van der Waals surface area (Å²) in [6.45, 7) is 2.16. The normalized spacial score (nSPS) is 8.89. The first-order valence-corrected chi connectivity index (χ1v) is 5.48. The molecule has 0 atom stereocenters. The Balaban J connectivity index is 3.16. The van der Waals surface area contributed by atoms with Gasteiger partial charge in [0.2, 0.25) is 0 Å². The molecule has 0 unspecified atom stereocenters. The molecule has 0 radical (unpaired) electrons. The van der Waals surface area contributed by atoms with Gasteiger partial charge in [0.15, 0.2) is 5.75 Å². The monoisotopic (exact) mass is 143 g/mol. The van der Waals surface area contributed by atoms with E-state index in [1.54, 1.807) is 0 Å². The van der Waals surface area contributed by atoms with Crippen LogP contribution in [-0.4, -0.2) is 18.3 Å². The highest BCUT2D eigenvalue weighted by Crippen LogP contribution is 1.83. The van der Waals surface area contributed by atoms with E-state index in [0.29, 0.717) is 10.9 Å². The molecule has 0 aliphatic heterocycles. The highest BCUT2D eigenvalue weighted by Gasteiger charge is 1.94. The second-order valence-corrected chi connectivity index (χ2v) is 4.49. The van der Waals surface area contributed by atoms with Crippen molar-refractivity contribution in [1.29, 1.82) is 0 Å². The van der Waals surface area contributed by atoms with Crippen molar-refractivity contribution in [2.45, 2.75) is 19.8 Å². The van der Waals surface area contributed by atoms with Crippen molar-refractivity contribution in [2.24, 2.45) is 0 Å². The SMILES string of the molecule is CCCC#CC[S+](C)C. The Morgan fingerprint density at radius 3 is 2.33 bits per heavy atom. The maximum Gasteiger partial charge on any atom is 0.167 e. The van der Waals surface area contributed by atoms with Crippen LogP contribution in [-0.2, 0) is 10.9 Å². The average Bonchev–Trinajstić information content (AvgIpc) is 1.80. The van der Waals surface area contributed by atoms with Gasteiger partial charge in [-0.15, -0.1) is 0 Å². The first-order chi connectivity index (χ1) is 4.27. The summed E-state index contributed by atoms with van der Waals surface area (Å²) in [5.74, 6) is 7.35. The standard InChI is InChI=1S/C8H15S/c1-4-5-6-7-8-9(2)3/h4-5,8H2,1-3H3/q+1. The average molecular weight is 143 g/mol. The predicted octanol–water partition coefficient (Wildman–Crippen LogP) is 1.67. The molecule has 0 aliphatic rings. The molecule has 0 aromatic rings. The van der Waals surface area contributed by atoms with Crippen LogP contribution >= 0.6 is 0 Å². The minimum atomic E-state index is 0.507. The Hall–Kier alpha value is -0.0900. The van der Waals surface area contributed by atoms with Crippen LogP contribution in [0.4, 0.5) is 0 Å². The summed E-state index contributed by atoms with van der Waals surface area (Å²) in [5, 5.41) is 0. The predicted molar refractivity (Wildman–Crippen MR) is 46.8 cm³/mol. The molecule has 0 spiro atoms. The lowest BCUT2D eigenvalue weighted by atomic mass is 10.3. The number of hydrogen-bond acceptors (Lipinski definition) is 0. The molecule has 9 heavy (non-hydrogen) atoms.